The lowest BCUT2D eigenvalue weighted by Gasteiger charge is -2.06. The molecule has 1 amide bonds. The number of anilines is 1. The van der Waals surface area contributed by atoms with Crippen molar-refractivity contribution in [2.75, 3.05) is 12.4 Å². The number of halogens is 1. The van der Waals surface area contributed by atoms with Crippen LogP contribution < -0.4 is 10.9 Å². The summed E-state index contributed by atoms with van der Waals surface area (Å²) in [6, 6.07) is 8.64. The van der Waals surface area contributed by atoms with Gasteiger partial charge in [-0.05, 0) is 36.2 Å². The maximum absolute atomic E-state index is 12.8. The first-order valence-corrected chi connectivity index (χ1v) is 9.72. The Morgan fingerprint density at radius 2 is 1.96 bits per heavy atom. The number of esters is 1. The van der Waals surface area contributed by atoms with E-state index >= 15 is 0 Å². The average Bonchev–Trinajstić information content (AvgIpc) is 3.04. The first-order chi connectivity index (χ1) is 12.8. The zero-order chi connectivity index (χ0) is 19.7. The van der Waals surface area contributed by atoms with Crippen LogP contribution in [0.15, 0.2) is 39.2 Å². The minimum Gasteiger partial charge on any atom is -0.465 e. The van der Waals surface area contributed by atoms with Gasteiger partial charge in [0.25, 0.3) is 5.91 Å². The van der Waals surface area contributed by atoms with Crippen LogP contribution in [0, 0.1) is 5.41 Å². The third-order valence-corrected chi connectivity index (χ3v) is 5.77. The van der Waals surface area contributed by atoms with Gasteiger partial charge in [-0.1, -0.05) is 29.8 Å². The van der Waals surface area contributed by atoms with E-state index in [4.69, 9.17) is 14.6 Å². The van der Waals surface area contributed by atoms with E-state index in [2.05, 4.69) is 21.2 Å². The van der Waals surface area contributed by atoms with Gasteiger partial charge in [-0.25, -0.2) is 4.79 Å². The zero-order valence-electron chi connectivity index (χ0n) is 14.9. The highest BCUT2D eigenvalue weighted by Gasteiger charge is 2.21. The number of fused-ring (bicyclic) bond motifs is 1. The van der Waals surface area contributed by atoms with Crippen LogP contribution in [0.2, 0.25) is 0 Å². The third kappa shape index (κ3) is 3.96. The lowest BCUT2D eigenvalue weighted by atomic mass is 10.1. The number of carbonyl (C=O) groups excluding carboxylic acids is 2. The van der Waals surface area contributed by atoms with Gasteiger partial charge in [0.05, 0.1) is 12.7 Å². The Labute approximate surface area is 167 Å². The van der Waals surface area contributed by atoms with Crippen LogP contribution in [-0.4, -0.2) is 19.0 Å². The molecule has 0 radical (unpaired) electrons. The van der Waals surface area contributed by atoms with Crippen molar-refractivity contribution in [2.24, 2.45) is 0 Å². The van der Waals surface area contributed by atoms with Crippen molar-refractivity contribution in [1.29, 1.82) is 5.41 Å². The predicted octanol–water partition coefficient (Wildman–Crippen LogP) is 4.90. The van der Waals surface area contributed by atoms with Gasteiger partial charge >= 0.3 is 5.97 Å². The number of ether oxygens (including phenoxy) is 1. The summed E-state index contributed by atoms with van der Waals surface area (Å²) in [4.78, 5) is 25.7. The Morgan fingerprint density at radius 1 is 1.22 bits per heavy atom. The summed E-state index contributed by atoms with van der Waals surface area (Å²) in [5, 5.41) is 11.8. The number of methoxy groups -OCH3 is 1. The first-order valence-electron chi connectivity index (χ1n) is 8.11. The van der Waals surface area contributed by atoms with Crippen LogP contribution in [0.5, 0.6) is 0 Å². The van der Waals surface area contributed by atoms with Crippen molar-refractivity contribution in [3.8, 4) is 0 Å². The highest BCUT2D eigenvalue weighted by Crippen LogP contribution is 2.33. The minimum absolute atomic E-state index is 0.0795. The molecule has 0 bridgehead atoms. The number of nitrogens with one attached hydrogen (secondary N) is 2. The van der Waals surface area contributed by atoms with Crippen molar-refractivity contribution >= 4 is 55.1 Å². The van der Waals surface area contributed by atoms with Crippen LogP contribution >= 0.6 is 27.3 Å². The summed E-state index contributed by atoms with van der Waals surface area (Å²) in [5.41, 5.74) is 0.637. The summed E-state index contributed by atoms with van der Waals surface area (Å²) < 4.78 is 11.1. The fraction of sp³-hybridized carbons (Fsp3) is 0.211. The molecule has 0 unspecified atom stereocenters. The average molecular weight is 449 g/mol. The van der Waals surface area contributed by atoms with Crippen molar-refractivity contribution in [3.05, 3.63) is 56.4 Å². The monoisotopic (exact) mass is 448 g/mol. The van der Waals surface area contributed by atoms with Gasteiger partial charge < -0.3 is 14.5 Å². The van der Waals surface area contributed by atoms with Crippen LogP contribution in [0.3, 0.4) is 0 Å². The minimum atomic E-state index is -0.522. The maximum atomic E-state index is 12.8. The number of thiophene rings is 1. The maximum Gasteiger partial charge on any atom is 0.340 e. The Bertz CT molecular complexity index is 1100. The Hall–Kier alpha value is -2.45. The quantitative estimate of drug-likeness (QED) is 0.555. The molecule has 27 heavy (non-hydrogen) atoms. The molecule has 0 aliphatic heterocycles. The number of benzene rings is 1. The SMILES string of the molecule is COC(=O)c1cc(C(C)C)sc1NC(=O)c1cc2cc(Br)ccc2oc1=N. The summed E-state index contributed by atoms with van der Waals surface area (Å²) >= 11 is 4.69. The van der Waals surface area contributed by atoms with E-state index in [1.54, 1.807) is 30.3 Å². The second-order valence-electron chi connectivity index (χ2n) is 6.16. The molecule has 0 spiro atoms. The molecule has 2 heterocycles. The topological polar surface area (TPSA) is 92.4 Å². The van der Waals surface area contributed by atoms with E-state index in [1.165, 1.54) is 18.4 Å². The lowest BCUT2D eigenvalue weighted by molar-refractivity contribution is 0.0602. The molecular weight excluding hydrogens is 432 g/mol. The van der Waals surface area contributed by atoms with Crippen LogP contribution in [-0.2, 0) is 4.74 Å². The van der Waals surface area contributed by atoms with Gasteiger partial charge in [0, 0.05) is 14.7 Å². The van der Waals surface area contributed by atoms with Gasteiger partial charge in [0.2, 0.25) is 5.55 Å². The number of hydrogen-bond donors (Lipinski definition) is 2. The van der Waals surface area contributed by atoms with Gasteiger partial charge in [0.15, 0.2) is 0 Å². The first kappa shape index (κ1) is 19.3. The molecule has 8 heteroatoms. The van der Waals surface area contributed by atoms with E-state index < -0.39 is 11.9 Å². The van der Waals surface area contributed by atoms with Gasteiger partial charge in [0.1, 0.15) is 16.1 Å². The normalized spacial score (nSPS) is 11.0. The van der Waals surface area contributed by atoms with Gasteiger partial charge in [-0.2, -0.15) is 0 Å². The molecule has 3 aromatic rings. The highest BCUT2D eigenvalue weighted by atomic mass is 79.9. The van der Waals surface area contributed by atoms with Crippen molar-refractivity contribution in [3.63, 3.8) is 0 Å². The summed E-state index contributed by atoms with van der Waals surface area (Å²) in [7, 11) is 1.29. The molecule has 1 aromatic carbocycles. The zero-order valence-corrected chi connectivity index (χ0v) is 17.3. The number of carbonyl (C=O) groups is 2. The molecule has 3 rings (SSSR count). The number of rotatable bonds is 4. The lowest BCUT2D eigenvalue weighted by Crippen LogP contribution is -2.21. The molecule has 0 aliphatic rings. The number of amides is 1. The van der Waals surface area contributed by atoms with Crippen molar-refractivity contribution < 1.29 is 18.7 Å². The standard InChI is InChI=1S/C19H17BrN2O4S/c1-9(2)15-8-13(19(24)25-3)18(27-15)22-17(23)12-7-10-6-11(20)4-5-14(10)26-16(12)21/h4-9,21H,1-3H3,(H,22,23). The highest BCUT2D eigenvalue weighted by molar-refractivity contribution is 9.10. The van der Waals surface area contributed by atoms with E-state index in [0.717, 1.165) is 9.35 Å². The smallest absolute Gasteiger partial charge is 0.340 e. The molecule has 0 aliphatic carbocycles. The molecule has 6 nitrogen and oxygen atoms in total. The van der Waals surface area contributed by atoms with E-state index in [0.29, 0.717) is 21.5 Å². The van der Waals surface area contributed by atoms with Crippen LogP contribution in [0.4, 0.5) is 5.00 Å². The molecule has 140 valence electrons. The second-order valence-corrected chi connectivity index (χ2v) is 8.16. The van der Waals surface area contributed by atoms with Gasteiger partial charge in [-0.15, -0.1) is 11.3 Å². The van der Waals surface area contributed by atoms with E-state index in [1.807, 2.05) is 13.8 Å². The molecule has 0 atom stereocenters. The Balaban J connectivity index is 2.00. The molecule has 0 fully saturated rings. The fourth-order valence-corrected chi connectivity index (χ4v) is 3.92. The summed E-state index contributed by atoms with van der Waals surface area (Å²) in [6.07, 6.45) is 0. The van der Waals surface area contributed by atoms with E-state index in [-0.39, 0.29) is 17.0 Å². The predicted molar refractivity (Wildman–Crippen MR) is 107 cm³/mol. The van der Waals surface area contributed by atoms with Crippen molar-refractivity contribution in [2.45, 2.75) is 19.8 Å². The summed E-state index contributed by atoms with van der Waals surface area (Å²) in [6.45, 7) is 4.00. The second kappa shape index (κ2) is 7.66. The van der Waals surface area contributed by atoms with Crippen LogP contribution in [0.1, 0.15) is 45.4 Å². The molecular formula is C19H17BrN2O4S. The third-order valence-electron chi connectivity index (χ3n) is 3.93. The van der Waals surface area contributed by atoms with Crippen LogP contribution in [0.25, 0.3) is 11.0 Å². The largest absolute Gasteiger partial charge is 0.465 e. The molecule has 0 saturated carbocycles. The fourth-order valence-electron chi connectivity index (χ4n) is 2.50. The van der Waals surface area contributed by atoms with Gasteiger partial charge in [-0.3, -0.25) is 10.2 Å². The number of hydrogen-bond acceptors (Lipinski definition) is 6. The molecule has 2 N–H and O–H groups in total. The van der Waals surface area contributed by atoms with E-state index in [9.17, 15) is 9.59 Å². The summed E-state index contributed by atoms with van der Waals surface area (Å²) in [5.74, 6) is -0.844. The Morgan fingerprint density at radius 3 is 2.63 bits per heavy atom. The molecule has 0 saturated heterocycles. The van der Waals surface area contributed by atoms with Crippen molar-refractivity contribution in [1.82, 2.24) is 0 Å². The molecule has 2 aromatic heterocycles. The Kier molecular flexibility index (Phi) is 5.48.